The van der Waals surface area contributed by atoms with Gasteiger partial charge in [-0.15, -0.1) is 0 Å². The number of pyridine rings is 1. The first kappa shape index (κ1) is 12.6. The van der Waals surface area contributed by atoms with E-state index in [-0.39, 0.29) is 5.78 Å². The summed E-state index contributed by atoms with van der Waals surface area (Å²) in [6.45, 7) is 3.69. The number of nitrogens with zero attached hydrogens (tertiary/aromatic N) is 1. The van der Waals surface area contributed by atoms with Gasteiger partial charge in [0.1, 0.15) is 11.5 Å². The zero-order chi connectivity index (χ0) is 13.0. The van der Waals surface area contributed by atoms with Crippen LogP contribution < -0.4 is 0 Å². The molecule has 0 aliphatic rings. The van der Waals surface area contributed by atoms with Crippen molar-refractivity contribution in [3.8, 4) is 11.3 Å². The van der Waals surface area contributed by atoms with E-state index in [9.17, 15) is 4.79 Å². The Morgan fingerprint density at radius 2 is 2.17 bits per heavy atom. The second-order valence-electron chi connectivity index (χ2n) is 4.39. The van der Waals surface area contributed by atoms with Crippen molar-refractivity contribution in [1.29, 1.82) is 0 Å². The van der Waals surface area contributed by atoms with Crippen LogP contribution in [0.2, 0.25) is 0 Å². The Morgan fingerprint density at radius 3 is 2.89 bits per heavy atom. The lowest BCUT2D eigenvalue weighted by Crippen LogP contribution is -1.93. The summed E-state index contributed by atoms with van der Waals surface area (Å²) in [5.41, 5.74) is 1.46. The van der Waals surface area contributed by atoms with Crippen molar-refractivity contribution in [3.63, 3.8) is 0 Å². The monoisotopic (exact) mass is 243 g/mol. The SMILES string of the molecule is CCCCc1ccc(-c2cncc(C(C)=O)c2)o1. The van der Waals surface area contributed by atoms with Crippen molar-refractivity contribution in [2.45, 2.75) is 33.1 Å². The minimum absolute atomic E-state index is 0.0158. The Balaban J connectivity index is 2.23. The van der Waals surface area contributed by atoms with Gasteiger partial charge in [-0.05, 0) is 31.5 Å². The van der Waals surface area contributed by atoms with Crippen LogP contribution in [-0.4, -0.2) is 10.8 Å². The van der Waals surface area contributed by atoms with Crippen molar-refractivity contribution in [1.82, 2.24) is 4.98 Å². The van der Waals surface area contributed by atoms with Crippen LogP contribution in [0.1, 0.15) is 42.8 Å². The number of unbranched alkanes of at least 4 members (excludes halogenated alkanes) is 1. The molecule has 0 atom stereocenters. The third kappa shape index (κ3) is 2.86. The molecule has 0 spiro atoms. The first-order chi connectivity index (χ1) is 8.70. The molecule has 2 heterocycles. The summed E-state index contributed by atoms with van der Waals surface area (Å²) in [5, 5.41) is 0. The van der Waals surface area contributed by atoms with E-state index in [2.05, 4.69) is 11.9 Å². The Labute approximate surface area is 107 Å². The largest absolute Gasteiger partial charge is 0.461 e. The predicted molar refractivity (Wildman–Crippen MR) is 70.6 cm³/mol. The fourth-order valence-electron chi connectivity index (χ4n) is 1.79. The van der Waals surface area contributed by atoms with Gasteiger partial charge in [-0.3, -0.25) is 9.78 Å². The number of hydrogen-bond donors (Lipinski definition) is 0. The quantitative estimate of drug-likeness (QED) is 0.748. The molecule has 2 aromatic rings. The van der Waals surface area contributed by atoms with Crippen molar-refractivity contribution < 1.29 is 9.21 Å². The summed E-state index contributed by atoms with van der Waals surface area (Å²) in [5.74, 6) is 1.78. The third-order valence-electron chi connectivity index (χ3n) is 2.87. The van der Waals surface area contributed by atoms with E-state index in [4.69, 9.17) is 4.42 Å². The Bertz CT molecular complexity index is 543. The lowest BCUT2D eigenvalue weighted by atomic mass is 10.1. The Hall–Kier alpha value is -1.90. The number of Topliss-reactive ketones (excluding diaryl/α,β-unsaturated/α-hetero) is 1. The predicted octanol–water partition coefficient (Wildman–Crippen LogP) is 3.89. The first-order valence-electron chi connectivity index (χ1n) is 6.25. The summed E-state index contributed by atoms with van der Waals surface area (Å²) in [4.78, 5) is 15.4. The molecule has 3 nitrogen and oxygen atoms in total. The van der Waals surface area contributed by atoms with Gasteiger partial charge >= 0.3 is 0 Å². The molecule has 2 aromatic heterocycles. The maximum absolute atomic E-state index is 11.3. The van der Waals surface area contributed by atoms with Crippen molar-refractivity contribution in [2.75, 3.05) is 0 Å². The number of ketones is 1. The van der Waals surface area contributed by atoms with Crippen LogP contribution in [0.4, 0.5) is 0 Å². The minimum Gasteiger partial charge on any atom is -0.461 e. The van der Waals surface area contributed by atoms with Crippen molar-refractivity contribution in [2.24, 2.45) is 0 Å². The maximum atomic E-state index is 11.3. The zero-order valence-corrected chi connectivity index (χ0v) is 10.8. The third-order valence-corrected chi connectivity index (χ3v) is 2.87. The van der Waals surface area contributed by atoms with Gasteiger partial charge in [0, 0.05) is 29.9 Å². The molecule has 0 amide bonds. The maximum Gasteiger partial charge on any atom is 0.161 e. The van der Waals surface area contributed by atoms with E-state index >= 15 is 0 Å². The lowest BCUT2D eigenvalue weighted by molar-refractivity contribution is 0.101. The number of aromatic nitrogens is 1. The molecular formula is C15H17NO2. The van der Waals surface area contributed by atoms with E-state index in [1.165, 1.54) is 6.92 Å². The van der Waals surface area contributed by atoms with E-state index < -0.39 is 0 Å². The van der Waals surface area contributed by atoms with Gasteiger partial charge in [-0.1, -0.05) is 13.3 Å². The Kier molecular flexibility index (Phi) is 3.92. The molecule has 0 radical (unpaired) electrons. The van der Waals surface area contributed by atoms with Crippen LogP contribution in [0, 0.1) is 0 Å². The van der Waals surface area contributed by atoms with Gasteiger partial charge in [0.25, 0.3) is 0 Å². The van der Waals surface area contributed by atoms with Gasteiger partial charge in [0.05, 0.1) is 0 Å². The molecule has 0 bridgehead atoms. The van der Waals surface area contributed by atoms with Crippen molar-refractivity contribution >= 4 is 5.78 Å². The number of carbonyl (C=O) groups is 1. The molecule has 0 fully saturated rings. The second kappa shape index (κ2) is 5.63. The van der Waals surface area contributed by atoms with E-state index in [0.29, 0.717) is 5.56 Å². The van der Waals surface area contributed by atoms with Crippen LogP contribution in [0.25, 0.3) is 11.3 Å². The van der Waals surface area contributed by atoms with Crippen LogP contribution in [0.5, 0.6) is 0 Å². The molecule has 0 unspecified atom stereocenters. The van der Waals surface area contributed by atoms with Gasteiger partial charge in [-0.2, -0.15) is 0 Å². The molecule has 94 valence electrons. The summed E-state index contributed by atoms with van der Waals surface area (Å²) in [6, 6.07) is 5.75. The highest BCUT2D eigenvalue weighted by Gasteiger charge is 2.07. The molecule has 3 heteroatoms. The molecule has 2 rings (SSSR count). The average Bonchev–Trinajstić information content (AvgIpc) is 2.85. The molecule has 0 N–H and O–H groups in total. The van der Waals surface area contributed by atoms with Gasteiger partial charge in [-0.25, -0.2) is 0 Å². The highest BCUT2D eigenvalue weighted by atomic mass is 16.3. The molecule has 18 heavy (non-hydrogen) atoms. The van der Waals surface area contributed by atoms with E-state index in [0.717, 1.165) is 36.3 Å². The first-order valence-corrected chi connectivity index (χ1v) is 6.25. The topological polar surface area (TPSA) is 43.1 Å². The standard InChI is InChI=1S/C15H17NO2/c1-3-4-5-14-6-7-15(18-14)13-8-12(11(2)17)9-16-10-13/h6-10H,3-5H2,1-2H3. The molecule has 0 saturated carbocycles. The highest BCUT2D eigenvalue weighted by molar-refractivity contribution is 5.94. The van der Waals surface area contributed by atoms with E-state index in [1.54, 1.807) is 12.4 Å². The van der Waals surface area contributed by atoms with Crippen LogP contribution in [-0.2, 0) is 6.42 Å². The number of furan rings is 1. The minimum atomic E-state index is 0.0158. The fraction of sp³-hybridized carbons (Fsp3) is 0.333. The van der Waals surface area contributed by atoms with Crippen LogP contribution in [0.15, 0.2) is 35.0 Å². The summed E-state index contributed by atoms with van der Waals surface area (Å²) >= 11 is 0. The normalized spacial score (nSPS) is 10.6. The van der Waals surface area contributed by atoms with Gasteiger partial charge < -0.3 is 4.42 Å². The number of hydrogen-bond acceptors (Lipinski definition) is 3. The lowest BCUT2D eigenvalue weighted by Gasteiger charge is -1.99. The molecule has 0 aliphatic carbocycles. The number of rotatable bonds is 5. The van der Waals surface area contributed by atoms with Gasteiger partial charge in [0.15, 0.2) is 5.78 Å². The number of aryl methyl sites for hydroxylation is 1. The summed E-state index contributed by atoms with van der Waals surface area (Å²) in [6.07, 6.45) is 6.52. The molecule has 0 aliphatic heterocycles. The zero-order valence-electron chi connectivity index (χ0n) is 10.8. The molecule has 0 aromatic carbocycles. The summed E-state index contributed by atoms with van der Waals surface area (Å²) < 4.78 is 5.76. The van der Waals surface area contributed by atoms with Crippen molar-refractivity contribution in [3.05, 3.63) is 41.9 Å². The number of carbonyl (C=O) groups excluding carboxylic acids is 1. The van der Waals surface area contributed by atoms with E-state index in [1.807, 2.05) is 18.2 Å². The second-order valence-corrected chi connectivity index (χ2v) is 4.39. The average molecular weight is 243 g/mol. The van der Waals surface area contributed by atoms with Crippen LogP contribution in [0.3, 0.4) is 0 Å². The summed E-state index contributed by atoms with van der Waals surface area (Å²) in [7, 11) is 0. The molecule has 0 saturated heterocycles. The molecular weight excluding hydrogens is 226 g/mol. The fourth-order valence-corrected chi connectivity index (χ4v) is 1.79. The van der Waals surface area contributed by atoms with Gasteiger partial charge in [0.2, 0.25) is 0 Å². The highest BCUT2D eigenvalue weighted by Crippen LogP contribution is 2.23. The smallest absolute Gasteiger partial charge is 0.161 e. The van der Waals surface area contributed by atoms with Crippen LogP contribution >= 0.6 is 0 Å². The Morgan fingerprint density at radius 1 is 1.33 bits per heavy atom.